The lowest BCUT2D eigenvalue weighted by Crippen LogP contribution is -2.53. The summed E-state index contributed by atoms with van der Waals surface area (Å²) in [6, 6.07) is 12.8. The Bertz CT molecular complexity index is 1320. The number of esters is 1. The lowest BCUT2D eigenvalue weighted by molar-refractivity contribution is -0.384. The normalized spacial score (nSPS) is 16.4. The van der Waals surface area contributed by atoms with Gasteiger partial charge in [0.15, 0.2) is 0 Å². The topological polar surface area (TPSA) is 164 Å². The van der Waals surface area contributed by atoms with E-state index in [1.165, 1.54) is 16.4 Å². The molecule has 1 heterocycles. The van der Waals surface area contributed by atoms with Crippen LogP contribution in [-0.2, 0) is 40.2 Å². The van der Waals surface area contributed by atoms with Gasteiger partial charge in [0.1, 0.15) is 18.8 Å². The number of amides is 1. The van der Waals surface area contributed by atoms with Gasteiger partial charge < -0.3 is 24.3 Å². The SMILES string of the molecule is CCCOCC(=O)OC(CN(CC(C)C)S(=O)(=O)c1ccc([N+](=O)[O-])cc1)C(Cc1ccccc1)NC(=O)OC1CCOC1. The van der Waals surface area contributed by atoms with E-state index >= 15 is 0 Å². The molecule has 242 valence electrons. The highest BCUT2D eigenvalue weighted by Gasteiger charge is 2.35. The molecule has 1 fully saturated rings. The van der Waals surface area contributed by atoms with Crippen molar-refractivity contribution in [2.45, 2.75) is 63.2 Å². The monoisotopic (exact) mass is 635 g/mol. The Morgan fingerprint density at radius 3 is 2.41 bits per heavy atom. The third kappa shape index (κ3) is 10.8. The van der Waals surface area contributed by atoms with E-state index in [-0.39, 0.29) is 49.2 Å². The Kier molecular flexibility index (Phi) is 13.5. The lowest BCUT2D eigenvalue weighted by Gasteiger charge is -2.33. The summed E-state index contributed by atoms with van der Waals surface area (Å²) < 4.78 is 50.9. The van der Waals surface area contributed by atoms with Gasteiger partial charge in [-0.2, -0.15) is 4.31 Å². The molecule has 1 N–H and O–H groups in total. The fourth-order valence-electron chi connectivity index (χ4n) is 4.60. The van der Waals surface area contributed by atoms with E-state index in [9.17, 15) is 28.1 Å². The average molecular weight is 636 g/mol. The Balaban J connectivity index is 1.97. The molecule has 0 aromatic heterocycles. The van der Waals surface area contributed by atoms with Crippen molar-refractivity contribution >= 4 is 27.8 Å². The van der Waals surface area contributed by atoms with E-state index in [0.717, 1.165) is 17.7 Å². The van der Waals surface area contributed by atoms with Gasteiger partial charge in [-0.3, -0.25) is 10.1 Å². The first kappa shape index (κ1) is 34.9. The van der Waals surface area contributed by atoms with Gasteiger partial charge in [0, 0.05) is 31.7 Å². The third-order valence-corrected chi connectivity index (χ3v) is 8.55. The predicted octanol–water partition coefficient (Wildman–Crippen LogP) is 3.71. The van der Waals surface area contributed by atoms with E-state index < -0.39 is 45.3 Å². The van der Waals surface area contributed by atoms with E-state index in [0.29, 0.717) is 26.1 Å². The molecule has 3 rings (SSSR count). The van der Waals surface area contributed by atoms with Crippen LogP contribution in [0.1, 0.15) is 39.2 Å². The molecule has 14 heteroatoms. The Hall–Kier alpha value is -3.59. The van der Waals surface area contributed by atoms with Crippen LogP contribution in [0.2, 0.25) is 0 Å². The van der Waals surface area contributed by atoms with Crippen LogP contribution >= 0.6 is 0 Å². The van der Waals surface area contributed by atoms with E-state index in [2.05, 4.69) is 5.32 Å². The van der Waals surface area contributed by atoms with Crippen LogP contribution in [0.25, 0.3) is 0 Å². The van der Waals surface area contributed by atoms with Gasteiger partial charge in [-0.05, 0) is 36.5 Å². The fraction of sp³-hybridized carbons (Fsp3) is 0.533. The summed E-state index contributed by atoms with van der Waals surface area (Å²) in [6.45, 7) is 5.98. The van der Waals surface area contributed by atoms with Crippen molar-refractivity contribution < 1.29 is 41.9 Å². The van der Waals surface area contributed by atoms with E-state index in [1.54, 1.807) is 0 Å². The molecule has 1 aliphatic heterocycles. The molecule has 1 amide bonds. The van der Waals surface area contributed by atoms with Crippen molar-refractivity contribution in [1.82, 2.24) is 9.62 Å². The molecular weight excluding hydrogens is 594 g/mol. The van der Waals surface area contributed by atoms with Gasteiger partial charge in [0.05, 0.1) is 35.6 Å². The van der Waals surface area contributed by atoms with E-state index in [1.807, 2.05) is 51.1 Å². The highest BCUT2D eigenvalue weighted by Crippen LogP contribution is 2.23. The average Bonchev–Trinajstić information content (AvgIpc) is 3.49. The third-order valence-electron chi connectivity index (χ3n) is 6.70. The van der Waals surface area contributed by atoms with Crippen molar-refractivity contribution in [3.63, 3.8) is 0 Å². The second-order valence-electron chi connectivity index (χ2n) is 10.9. The molecule has 0 saturated carbocycles. The number of non-ortho nitro benzene ring substituents is 1. The zero-order chi connectivity index (χ0) is 32.1. The molecule has 1 saturated heterocycles. The number of benzene rings is 2. The van der Waals surface area contributed by atoms with Gasteiger partial charge in [-0.1, -0.05) is 51.1 Å². The van der Waals surface area contributed by atoms with Crippen LogP contribution < -0.4 is 5.32 Å². The van der Waals surface area contributed by atoms with Gasteiger partial charge in [-0.15, -0.1) is 0 Å². The maximum Gasteiger partial charge on any atom is 0.407 e. The number of nitrogens with one attached hydrogen (secondary N) is 1. The molecule has 0 spiro atoms. The van der Waals surface area contributed by atoms with Crippen molar-refractivity contribution in [3.8, 4) is 0 Å². The van der Waals surface area contributed by atoms with Crippen LogP contribution in [0, 0.1) is 16.0 Å². The molecule has 44 heavy (non-hydrogen) atoms. The molecule has 3 atom stereocenters. The summed E-state index contributed by atoms with van der Waals surface area (Å²) in [5.41, 5.74) is 0.551. The van der Waals surface area contributed by atoms with Crippen molar-refractivity contribution in [3.05, 3.63) is 70.3 Å². The quantitative estimate of drug-likeness (QED) is 0.117. The summed E-state index contributed by atoms with van der Waals surface area (Å²) in [7, 11) is -4.22. The minimum atomic E-state index is -4.22. The maximum atomic E-state index is 13.9. The molecule has 0 bridgehead atoms. The smallest absolute Gasteiger partial charge is 0.407 e. The number of hydrogen-bond donors (Lipinski definition) is 1. The Morgan fingerprint density at radius 1 is 1.11 bits per heavy atom. The number of rotatable bonds is 17. The van der Waals surface area contributed by atoms with Crippen LogP contribution in [0.4, 0.5) is 10.5 Å². The first-order valence-electron chi connectivity index (χ1n) is 14.6. The van der Waals surface area contributed by atoms with Crippen molar-refractivity contribution in [2.75, 3.05) is 39.5 Å². The van der Waals surface area contributed by atoms with Crippen LogP contribution in [0.15, 0.2) is 59.5 Å². The minimum absolute atomic E-state index is 0.0433. The minimum Gasteiger partial charge on any atom is -0.457 e. The van der Waals surface area contributed by atoms with Crippen LogP contribution in [-0.4, -0.2) is 87.5 Å². The molecule has 13 nitrogen and oxygen atoms in total. The summed E-state index contributed by atoms with van der Waals surface area (Å²) in [5, 5.41) is 13.9. The van der Waals surface area contributed by atoms with Crippen LogP contribution in [0.5, 0.6) is 0 Å². The van der Waals surface area contributed by atoms with Gasteiger partial charge in [0.25, 0.3) is 5.69 Å². The molecule has 2 aromatic carbocycles. The summed E-state index contributed by atoms with van der Waals surface area (Å²) in [4.78, 5) is 36.3. The van der Waals surface area contributed by atoms with Gasteiger partial charge >= 0.3 is 12.1 Å². The second-order valence-corrected chi connectivity index (χ2v) is 12.8. The highest BCUT2D eigenvalue weighted by atomic mass is 32.2. The lowest BCUT2D eigenvalue weighted by atomic mass is 10.0. The van der Waals surface area contributed by atoms with Gasteiger partial charge in [0.2, 0.25) is 10.0 Å². The number of alkyl carbamates (subject to hydrolysis) is 1. The molecule has 3 unspecified atom stereocenters. The number of hydrogen-bond acceptors (Lipinski definition) is 10. The van der Waals surface area contributed by atoms with Crippen LogP contribution in [0.3, 0.4) is 0 Å². The number of sulfonamides is 1. The largest absolute Gasteiger partial charge is 0.457 e. The molecule has 0 radical (unpaired) electrons. The van der Waals surface area contributed by atoms with Crippen molar-refractivity contribution in [2.24, 2.45) is 5.92 Å². The summed E-state index contributed by atoms with van der Waals surface area (Å²) >= 11 is 0. The number of carbonyl (C=O) groups is 2. The number of carbonyl (C=O) groups excluding carboxylic acids is 2. The van der Waals surface area contributed by atoms with E-state index in [4.69, 9.17) is 18.9 Å². The molecule has 1 aliphatic rings. The number of nitro benzene ring substituents is 1. The first-order chi connectivity index (χ1) is 21.0. The van der Waals surface area contributed by atoms with Gasteiger partial charge in [-0.25, -0.2) is 18.0 Å². The molecular formula is C30H41N3O10S. The standard InChI is InChI=1S/C30H41N3O10S/c1-4-15-40-21-29(34)43-28(19-32(18-22(2)3)44(38,39)26-12-10-24(11-13-26)33(36)37)27(17-23-8-6-5-7-9-23)31-30(35)42-25-14-16-41-20-25/h5-13,22,25,27-28H,4,14-21H2,1-3H3,(H,31,35). The molecule has 2 aromatic rings. The number of nitrogens with zero attached hydrogens (tertiary/aromatic N) is 2. The summed E-state index contributed by atoms with van der Waals surface area (Å²) in [5.74, 6) is -0.863. The summed E-state index contributed by atoms with van der Waals surface area (Å²) in [6.07, 6.45) is -0.931. The number of ether oxygens (including phenoxy) is 4. The Morgan fingerprint density at radius 2 is 1.82 bits per heavy atom. The Labute approximate surface area is 258 Å². The predicted molar refractivity (Wildman–Crippen MR) is 160 cm³/mol. The second kappa shape index (κ2) is 17.0. The van der Waals surface area contributed by atoms with Crippen molar-refractivity contribution in [1.29, 1.82) is 0 Å². The fourth-order valence-corrected chi connectivity index (χ4v) is 6.22. The zero-order valence-corrected chi connectivity index (χ0v) is 26.1. The number of nitro groups is 1. The highest BCUT2D eigenvalue weighted by molar-refractivity contribution is 7.89. The maximum absolute atomic E-state index is 13.9. The first-order valence-corrected chi connectivity index (χ1v) is 16.0. The zero-order valence-electron chi connectivity index (χ0n) is 25.3. The molecule has 0 aliphatic carbocycles.